The zero-order valence-electron chi connectivity index (χ0n) is 13.1. The number of aliphatic hydroxyl groups is 1. The quantitative estimate of drug-likeness (QED) is 0.733. The van der Waals surface area contributed by atoms with Crippen LogP contribution >= 0.6 is 0 Å². The highest BCUT2D eigenvalue weighted by Gasteiger charge is 2.10. The average Bonchev–Trinajstić information content (AvgIpc) is 2.63. The van der Waals surface area contributed by atoms with Crippen LogP contribution in [0.25, 0.3) is 11.0 Å². The summed E-state index contributed by atoms with van der Waals surface area (Å²) < 4.78 is 11.9. The molecule has 1 N–H and O–H groups in total. The minimum Gasteiger partial charge on any atom is -0.497 e. The molecule has 1 atom stereocenters. The second kappa shape index (κ2) is 7.10. The molecule has 3 aromatic rings. The highest BCUT2D eigenvalue weighted by Crippen LogP contribution is 2.17. The van der Waals surface area contributed by atoms with Crippen LogP contribution in [0.5, 0.6) is 11.5 Å². The summed E-state index contributed by atoms with van der Waals surface area (Å²) in [7, 11) is 1.59. The lowest BCUT2D eigenvalue weighted by atomic mass is 10.3. The smallest absolute Gasteiger partial charge is 0.262 e. The summed E-state index contributed by atoms with van der Waals surface area (Å²) in [6.45, 7) is 0.149. The number of pyridine rings is 1. The summed E-state index contributed by atoms with van der Waals surface area (Å²) in [5, 5.41) is 10.5. The predicted octanol–water partition coefficient (Wildman–Crippen LogP) is 1.24. The molecule has 2 heterocycles. The second-order valence-corrected chi connectivity index (χ2v) is 5.22. The first-order valence-electron chi connectivity index (χ1n) is 7.42. The summed E-state index contributed by atoms with van der Waals surface area (Å²) in [5.74, 6) is 1.34. The monoisotopic (exact) mass is 327 g/mol. The number of hydrogen-bond donors (Lipinski definition) is 1. The molecule has 0 spiro atoms. The zero-order valence-corrected chi connectivity index (χ0v) is 13.1. The molecule has 0 fully saturated rings. The Hall–Kier alpha value is -2.93. The van der Waals surface area contributed by atoms with Gasteiger partial charge in [0.1, 0.15) is 30.5 Å². The van der Waals surface area contributed by atoms with Gasteiger partial charge in [-0.3, -0.25) is 9.36 Å². The maximum atomic E-state index is 12.3. The van der Waals surface area contributed by atoms with Crippen LogP contribution < -0.4 is 15.0 Å². The predicted molar refractivity (Wildman–Crippen MR) is 88.3 cm³/mol. The van der Waals surface area contributed by atoms with Gasteiger partial charge in [-0.1, -0.05) is 0 Å². The molecule has 1 aromatic carbocycles. The van der Waals surface area contributed by atoms with Crippen molar-refractivity contribution in [2.75, 3.05) is 13.7 Å². The van der Waals surface area contributed by atoms with E-state index in [1.165, 1.54) is 10.9 Å². The van der Waals surface area contributed by atoms with Crippen LogP contribution in [-0.4, -0.2) is 39.5 Å². The van der Waals surface area contributed by atoms with E-state index < -0.39 is 6.10 Å². The molecular weight excluding hydrogens is 310 g/mol. The number of nitrogens with zero attached hydrogens (tertiary/aromatic N) is 3. The summed E-state index contributed by atoms with van der Waals surface area (Å²) >= 11 is 0. The Balaban J connectivity index is 1.65. The number of aromatic nitrogens is 3. The van der Waals surface area contributed by atoms with Crippen LogP contribution in [0.4, 0.5) is 0 Å². The molecule has 0 radical (unpaired) electrons. The molecule has 0 aliphatic rings. The minimum atomic E-state index is -0.847. The number of ether oxygens (including phenoxy) is 2. The lowest BCUT2D eigenvalue weighted by molar-refractivity contribution is 0.0914. The SMILES string of the molecule is COc1ccc(OCC(O)Cn2cnc3ncccc3c2=O)cc1. The molecule has 0 bridgehead atoms. The van der Waals surface area contributed by atoms with Gasteiger partial charge in [-0.05, 0) is 36.4 Å². The topological polar surface area (TPSA) is 86.5 Å². The summed E-state index contributed by atoms with van der Waals surface area (Å²) in [5.41, 5.74) is 0.152. The molecule has 0 aliphatic carbocycles. The third-order valence-corrected chi connectivity index (χ3v) is 3.51. The molecule has 2 aromatic heterocycles. The third-order valence-electron chi connectivity index (χ3n) is 3.51. The number of hydrogen-bond acceptors (Lipinski definition) is 6. The molecule has 124 valence electrons. The molecule has 7 nitrogen and oxygen atoms in total. The van der Waals surface area contributed by atoms with Crippen molar-refractivity contribution in [3.8, 4) is 11.5 Å². The van der Waals surface area contributed by atoms with Crippen LogP contribution in [0, 0.1) is 0 Å². The molecule has 1 unspecified atom stereocenters. The Morgan fingerprint density at radius 2 is 1.92 bits per heavy atom. The Bertz CT molecular complexity index is 877. The number of fused-ring (bicyclic) bond motifs is 1. The van der Waals surface area contributed by atoms with Gasteiger partial charge < -0.3 is 14.6 Å². The van der Waals surface area contributed by atoms with E-state index in [4.69, 9.17) is 9.47 Å². The molecule has 0 saturated carbocycles. The van der Waals surface area contributed by atoms with E-state index in [0.717, 1.165) is 5.75 Å². The van der Waals surface area contributed by atoms with E-state index in [2.05, 4.69) is 9.97 Å². The van der Waals surface area contributed by atoms with Gasteiger partial charge in [0.05, 0.1) is 19.0 Å². The van der Waals surface area contributed by atoms with Gasteiger partial charge in [0, 0.05) is 6.20 Å². The maximum Gasteiger partial charge on any atom is 0.262 e. The van der Waals surface area contributed by atoms with Gasteiger partial charge in [0.2, 0.25) is 0 Å². The Morgan fingerprint density at radius 3 is 2.67 bits per heavy atom. The molecular formula is C17H17N3O4. The Kier molecular flexibility index (Phi) is 4.72. The van der Waals surface area contributed by atoms with Crippen molar-refractivity contribution in [2.45, 2.75) is 12.6 Å². The molecule has 24 heavy (non-hydrogen) atoms. The fourth-order valence-electron chi connectivity index (χ4n) is 2.27. The van der Waals surface area contributed by atoms with E-state index >= 15 is 0 Å². The Labute approximate surface area is 138 Å². The molecule has 0 aliphatic heterocycles. The maximum absolute atomic E-state index is 12.3. The van der Waals surface area contributed by atoms with Crippen molar-refractivity contribution < 1.29 is 14.6 Å². The van der Waals surface area contributed by atoms with E-state index in [1.807, 2.05) is 0 Å². The van der Waals surface area contributed by atoms with Crippen LogP contribution in [-0.2, 0) is 6.54 Å². The van der Waals surface area contributed by atoms with E-state index in [-0.39, 0.29) is 18.7 Å². The van der Waals surface area contributed by atoms with Gasteiger partial charge in [0.15, 0.2) is 5.65 Å². The fraction of sp³-hybridized carbons (Fsp3) is 0.235. The highest BCUT2D eigenvalue weighted by atomic mass is 16.5. The van der Waals surface area contributed by atoms with Crippen molar-refractivity contribution >= 4 is 11.0 Å². The van der Waals surface area contributed by atoms with Crippen molar-refractivity contribution in [2.24, 2.45) is 0 Å². The van der Waals surface area contributed by atoms with Gasteiger partial charge in [0.25, 0.3) is 5.56 Å². The van der Waals surface area contributed by atoms with E-state index in [1.54, 1.807) is 49.7 Å². The zero-order chi connectivity index (χ0) is 16.9. The Morgan fingerprint density at radius 1 is 1.17 bits per heavy atom. The van der Waals surface area contributed by atoms with Crippen LogP contribution in [0.2, 0.25) is 0 Å². The molecule has 0 saturated heterocycles. The standard InChI is InChI=1S/C17H17N3O4/c1-23-13-4-6-14(7-5-13)24-10-12(21)9-20-11-19-16-15(17(20)22)3-2-8-18-16/h2-8,11-12,21H,9-10H2,1H3. The van der Waals surface area contributed by atoms with Crippen molar-refractivity contribution in [3.63, 3.8) is 0 Å². The summed E-state index contributed by atoms with van der Waals surface area (Å²) in [4.78, 5) is 20.5. The largest absolute Gasteiger partial charge is 0.497 e. The van der Waals surface area contributed by atoms with E-state index in [9.17, 15) is 9.90 Å². The minimum absolute atomic E-state index is 0.0594. The lowest BCUT2D eigenvalue weighted by Crippen LogP contribution is -2.30. The van der Waals surface area contributed by atoms with Gasteiger partial charge in [-0.2, -0.15) is 0 Å². The number of aliphatic hydroxyl groups excluding tert-OH is 1. The molecule has 7 heteroatoms. The van der Waals surface area contributed by atoms with Crippen molar-refractivity contribution in [1.29, 1.82) is 0 Å². The fourth-order valence-corrected chi connectivity index (χ4v) is 2.27. The number of methoxy groups -OCH3 is 1. The van der Waals surface area contributed by atoms with Crippen molar-refractivity contribution in [1.82, 2.24) is 14.5 Å². The van der Waals surface area contributed by atoms with Crippen LogP contribution in [0.1, 0.15) is 0 Å². The van der Waals surface area contributed by atoms with Gasteiger partial charge in [-0.15, -0.1) is 0 Å². The van der Waals surface area contributed by atoms with Crippen LogP contribution in [0.15, 0.2) is 53.7 Å². The first-order chi connectivity index (χ1) is 11.7. The van der Waals surface area contributed by atoms with Gasteiger partial charge >= 0.3 is 0 Å². The highest BCUT2D eigenvalue weighted by molar-refractivity contribution is 5.72. The van der Waals surface area contributed by atoms with Gasteiger partial charge in [-0.25, -0.2) is 9.97 Å². The number of rotatable bonds is 6. The van der Waals surface area contributed by atoms with E-state index in [0.29, 0.717) is 16.8 Å². The first-order valence-corrected chi connectivity index (χ1v) is 7.42. The molecule has 0 amide bonds. The lowest BCUT2D eigenvalue weighted by Gasteiger charge is -2.14. The summed E-state index contributed by atoms with van der Waals surface area (Å²) in [6.07, 6.45) is 2.12. The first kappa shape index (κ1) is 15.9. The average molecular weight is 327 g/mol. The second-order valence-electron chi connectivity index (χ2n) is 5.22. The third kappa shape index (κ3) is 3.52. The summed E-state index contributed by atoms with van der Waals surface area (Å²) in [6, 6.07) is 10.4. The number of benzene rings is 1. The normalized spacial score (nSPS) is 12.1. The van der Waals surface area contributed by atoms with Crippen LogP contribution in [0.3, 0.4) is 0 Å². The molecule has 3 rings (SSSR count). The van der Waals surface area contributed by atoms with Crippen molar-refractivity contribution in [3.05, 3.63) is 59.3 Å².